The molecule has 37 heavy (non-hydrogen) atoms. The molecule has 0 radical (unpaired) electrons. The van der Waals surface area contributed by atoms with E-state index in [2.05, 4.69) is 4.90 Å². The summed E-state index contributed by atoms with van der Waals surface area (Å²) in [5.74, 6) is 0.845. The first-order valence-electron chi connectivity index (χ1n) is 13.5. The molecule has 3 fully saturated rings. The fourth-order valence-corrected chi connectivity index (χ4v) is 7.87. The number of carbonyl (C=O) groups is 1. The van der Waals surface area contributed by atoms with Crippen molar-refractivity contribution in [2.24, 2.45) is 5.92 Å². The summed E-state index contributed by atoms with van der Waals surface area (Å²) in [6.07, 6.45) is 8.00. The summed E-state index contributed by atoms with van der Waals surface area (Å²) in [7, 11) is 1.79. The van der Waals surface area contributed by atoms with Gasteiger partial charge in [-0.3, -0.25) is 9.69 Å². The summed E-state index contributed by atoms with van der Waals surface area (Å²) in [5.41, 5.74) is 1.24. The van der Waals surface area contributed by atoms with Crippen LogP contribution < -0.4 is 4.74 Å². The molecule has 2 bridgehead atoms. The van der Waals surface area contributed by atoms with Crippen LogP contribution in [0.2, 0.25) is 0 Å². The topological polar surface area (TPSA) is 73.2 Å². The van der Waals surface area contributed by atoms with E-state index >= 15 is 0 Å². The van der Waals surface area contributed by atoms with Crippen LogP contribution in [-0.2, 0) is 16.6 Å². The monoisotopic (exact) mass is 504 g/mol. The number of phenolic OH excluding ortho intramolecular Hbond substituents is 1. The highest BCUT2D eigenvalue weighted by molar-refractivity contribution is 5.92. The van der Waals surface area contributed by atoms with Gasteiger partial charge in [0.05, 0.1) is 17.1 Å². The summed E-state index contributed by atoms with van der Waals surface area (Å²) >= 11 is 0. The lowest BCUT2D eigenvalue weighted by Crippen LogP contribution is -2.78. The van der Waals surface area contributed by atoms with Crippen LogP contribution in [0, 0.1) is 11.7 Å². The molecule has 1 amide bonds. The third kappa shape index (κ3) is 3.26. The highest BCUT2D eigenvalue weighted by Crippen LogP contribution is 2.66. The molecule has 2 heterocycles. The Balaban J connectivity index is 1.24. The van der Waals surface area contributed by atoms with Gasteiger partial charge in [-0.05, 0) is 86.4 Å². The van der Waals surface area contributed by atoms with Gasteiger partial charge >= 0.3 is 0 Å². The average molecular weight is 505 g/mol. The fourth-order valence-electron chi connectivity index (χ4n) is 7.87. The summed E-state index contributed by atoms with van der Waals surface area (Å²) in [4.78, 5) is 17.5. The second-order valence-corrected chi connectivity index (χ2v) is 11.7. The lowest BCUT2D eigenvalue weighted by Gasteiger charge is -2.64. The van der Waals surface area contributed by atoms with E-state index in [0.29, 0.717) is 18.6 Å². The van der Waals surface area contributed by atoms with Crippen LogP contribution in [0.3, 0.4) is 0 Å². The molecule has 2 N–H and O–H groups in total. The Kier molecular flexibility index (Phi) is 5.05. The van der Waals surface area contributed by atoms with E-state index in [4.69, 9.17) is 4.74 Å². The Bertz CT molecular complexity index is 1290. The number of likely N-dealkylation sites (tertiary alicyclic amines) is 1. The number of aromatic hydroxyl groups is 1. The minimum Gasteiger partial charge on any atom is -0.504 e. The van der Waals surface area contributed by atoms with E-state index in [9.17, 15) is 19.4 Å². The smallest absolute Gasteiger partial charge is 0.246 e. The van der Waals surface area contributed by atoms with Gasteiger partial charge < -0.3 is 19.8 Å². The Labute approximate surface area is 216 Å². The first kappa shape index (κ1) is 23.2. The molecule has 1 spiro atoms. The van der Waals surface area contributed by atoms with E-state index in [-0.39, 0.29) is 29.6 Å². The Morgan fingerprint density at radius 3 is 2.73 bits per heavy atom. The van der Waals surface area contributed by atoms with Gasteiger partial charge in [0.1, 0.15) is 11.9 Å². The van der Waals surface area contributed by atoms with Gasteiger partial charge in [0.15, 0.2) is 11.5 Å². The van der Waals surface area contributed by atoms with Crippen molar-refractivity contribution in [2.45, 2.75) is 67.7 Å². The minimum atomic E-state index is -0.971. The fraction of sp³-hybridized carbons (Fsp3) is 0.500. The summed E-state index contributed by atoms with van der Waals surface area (Å²) in [5, 5.41) is 23.4. The number of aliphatic hydroxyl groups is 1. The second kappa shape index (κ2) is 8.05. The lowest BCUT2D eigenvalue weighted by molar-refractivity contribution is -0.200. The van der Waals surface area contributed by atoms with Gasteiger partial charge in [-0.2, -0.15) is 0 Å². The number of hydrogen-bond acceptors (Lipinski definition) is 5. The zero-order valence-electron chi connectivity index (χ0n) is 21.1. The van der Waals surface area contributed by atoms with Gasteiger partial charge in [0.2, 0.25) is 5.91 Å². The number of halogens is 1. The number of piperidine rings is 1. The number of nitrogens with zero attached hydrogens (tertiary/aromatic N) is 2. The molecule has 1 saturated heterocycles. The first-order valence-corrected chi connectivity index (χ1v) is 13.5. The zero-order valence-corrected chi connectivity index (χ0v) is 21.1. The van der Waals surface area contributed by atoms with Crippen LogP contribution in [0.4, 0.5) is 4.39 Å². The van der Waals surface area contributed by atoms with Crippen LogP contribution in [0.15, 0.2) is 42.5 Å². The number of carbonyl (C=O) groups excluding carboxylic acids is 1. The summed E-state index contributed by atoms with van der Waals surface area (Å²) in [6.45, 7) is 1.91. The highest BCUT2D eigenvalue weighted by Gasteiger charge is 2.73. The molecule has 0 unspecified atom stereocenters. The van der Waals surface area contributed by atoms with Crippen LogP contribution in [-0.4, -0.2) is 69.8 Å². The second-order valence-electron chi connectivity index (χ2n) is 11.7. The predicted molar refractivity (Wildman–Crippen MR) is 137 cm³/mol. The molecule has 5 aliphatic rings. The molecule has 5 atom stereocenters. The maximum atomic E-state index is 13.3. The van der Waals surface area contributed by atoms with Gasteiger partial charge in [0, 0.05) is 31.3 Å². The Morgan fingerprint density at radius 2 is 1.97 bits per heavy atom. The number of ether oxygens (including phenoxy) is 1. The van der Waals surface area contributed by atoms with E-state index in [1.807, 2.05) is 6.07 Å². The number of rotatable bonds is 5. The number of likely N-dealkylation sites (N-methyl/N-ethyl adjacent to an activating group) is 1. The molecule has 194 valence electrons. The molecule has 7 heteroatoms. The highest BCUT2D eigenvalue weighted by atomic mass is 19.1. The molecule has 2 aromatic rings. The lowest BCUT2D eigenvalue weighted by atomic mass is 9.48. The molecule has 3 aliphatic carbocycles. The maximum absolute atomic E-state index is 13.3. The summed E-state index contributed by atoms with van der Waals surface area (Å²) in [6, 6.07) is 9.49. The van der Waals surface area contributed by atoms with Crippen LogP contribution >= 0.6 is 0 Å². The van der Waals surface area contributed by atoms with Crippen molar-refractivity contribution in [2.75, 3.05) is 20.1 Å². The van der Waals surface area contributed by atoms with Crippen molar-refractivity contribution in [3.8, 4) is 11.5 Å². The zero-order chi connectivity index (χ0) is 25.5. The Morgan fingerprint density at radius 1 is 1.19 bits per heavy atom. The number of phenols is 1. The third-order valence-electron chi connectivity index (χ3n) is 9.86. The molecular weight excluding hydrogens is 471 g/mol. The predicted octanol–water partition coefficient (Wildman–Crippen LogP) is 3.64. The number of benzene rings is 2. The van der Waals surface area contributed by atoms with Gasteiger partial charge in [-0.25, -0.2) is 4.39 Å². The molecule has 2 aromatic carbocycles. The van der Waals surface area contributed by atoms with Crippen LogP contribution in [0.5, 0.6) is 11.5 Å². The van der Waals surface area contributed by atoms with E-state index in [0.717, 1.165) is 48.5 Å². The van der Waals surface area contributed by atoms with Gasteiger partial charge in [-0.1, -0.05) is 18.2 Å². The van der Waals surface area contributed by atoms with Gasteiger partial charge in [-0.15, -0.1) is 0 Å². The Hall–Kier alpha value is -2.90. The molecule has 6 nitrogen and oxygen atoms in total. The molecule has 2 saturated carbocycles. The van der Waals surface area contributed by atoms with Crippen LogP contribution in [0.1, 0.15) is 48.8 Å². The van der Waals surface area contributed by atoms with Crippen molar-refractivity contribution < 1.29 is 24.1 Å². The maximum Gasteiger partial charge on any atom is 0.246 e. The standard InChI is InChI=1S/C30H33FN2O4/c1-32(25(35)11-6-18-4-8-21(31)9-5-18)22-12-13-30(36)24-16-20-7-10-23(34)27-26(20)29(30,28(22)37-27)14-15-33(24)17-19-2-3-19/h4-11,19,22,24,28,34,36H,2-3,12-17H2,1H3/t22-,24-,28+,29+,30-/m1/s1. The molecule has 2 aliphatic heterocycles. The quantitative estimate of drug-likeness (QED) is 0.609. The van der Waals surface area contributed by atoms with Crippen molar-refractivity contribution in [3.63, 3.8) is 0 Å². The third-order valence-corrected chi connectivity index (χ3v) is 9.86. The molecular formula is C30H33FN2O4. The summed E-state index contributed by atoms with van der Waals surface area (Å²) < 4.78 is 19.8. The SMILES string of the molecule is CN(C(=O)C=Cc1ccc(F)cc1)[C@@H]1CC[C@@]2(O)[C@H]3Cc4ccc(O)c5c4[C@@]2(CCN3CC2CC2)[C@H]1O5. The average Bonchev–Trinajstić information content (AvgIpc) is 3.63. The minimum absolute atomic E-state index is 0.0104. The van der Waals surface area contributed by atoms with Crippen molar-refractivity contribution in [1.29, 1.82) is 0 Å². The normalized spacial score (nSPS) is 33.8. The van der Waals surface area contributed by atoms with E-state index < -0.39 is 17.1 Å². The van der Waals surface area contributed by atoms with Crippen molar-refractivity contribution in [1.82, 2.24) is 9.80 Å². The van der Waals surface area contributed by atoms with E-state index in [1.54, 1.807) is 36.2 Å². The number of hydrogen-bond donors (Lipinski definition) is 2. The molecule has 0 aromatic heterocycles. The molecule has 7 rings (SSSR count). The van der Waals surface area contributed by atoms with Crippen LogP contribution in [0.25, 0.3) is 6.08 Å². The largest absolute Gasteiger partial charge is 0.504 e. The number of amides is 1. The van der Waals surface area contributed by atoms with E-state index in [1.165, 1.54) is 31.1 Å². The van der Waals surface area contributed by atoms with Gasteiger partial charge in [0.25, 0.3) is 0 Å². The van der Waals surface area contributed by atoms with Crippen molar-refractivity contribution in [3.05, 3.63) is 65.0 Å². The first-order chi connectivity index (χ1) is 17.8. The van der Waals surface area contributed by atoms with Crippen molar-refractivity contribution >= 4 is 12.0 Å².